The first kappa shape index (κ1) is 22.8. The molecule has 2 aromatic heterocycles. The van der Waals surface area contributed by atoms with Crippen LogP contribution in [0.5, 0.6) is 0 Å². The lowest BCUT2D eigenvalue weighted by Gasteiger charge is -2.21. The van der Waals surface area contributed by atoms with Crippen molar-refractivity contribution in [1.29, 1.82) is 0 Å². The van der Waals surface area contributed by atoms with E-state index in [0.717, 1.165) is 17.7 Å². The highest BCUT2D eigenvalue weighted by atomic mass is 16.5. The van der Waals surface area contributed by atoms with Gasteiger partial charge in [-0.2, -0.15) is 0 Å². The first-order chi connectivity index (χ1) is 16.0. The predicted molar refractivity (Wildman–Crippen MR) is 122 cm³/mol. The van der Waals surface area contributed by atoms with Crippen LogP contribution in [0.4, 0.5) is 0 Å². The van der Waals surface area contributed by atoms with E-state index in [0.29, 0.717) is 43.4 Å². The molecule has 33 heavy (non-hydrogen) atoms. The van der Waals surface area contributed by atoms with Gasteiger partial charge in [-0.25, -0.2) is 4.68 Å². The normalized spacial score (nSPS) is 15.0. The van der Waals surface area contributed by atoms with E-state index in [-0.39, 0.29) is 30.1 Å². The van der Waals surface area contributed by atoms with Crippen LogP contribution in [0, 0.1) is 0 Å². The number of aromatic nitrogens is 5. The number of rotatable bonds is 9. The molecule has 0 bridgehead atoms. The molecule has 3 heterocycles. The summed E-state index contributed by atoms with van der Waals surface area (Å²) in [5, 5.41) is 14.9. The summed E-state index contributed by atoms with van der Waals surface area (Å²) < 4.78 is 9.26. The van der Waals surface area contributed by atoms with E-state index in [9.17, 15) is 9.59 Å². The Hall–Kier alpha value is -3.33. The molecule has 9 nitrogen and oxygen atoms in total. The Morgan fingerprint density at radius 3 is 2.73 bits per heavy atom. The molecule has 1 aromatic carbocycles. The summed E-state index contributed by atoms with van der Waals surface area (Å²) in [6.45, 7) is 7.94. The van der Waals surface area contributed by atoms with Gasteiger partial charge in [0.2, 0.25) is 0 Å². The van der Waals surface area contributed by atoms with Crippen LogP contribution in [-0.2, 0) is 24.4 Å². The number of Topliss-reactive ketones (excluding diaryl/α,β-unsaturated/α-hetero) is 1. The van der Waals surface area contributed by atoms with Crippen molar-refractivity contribution >= 4 is 11.7 Å². The van der Waals surface area contributed by atoms with E-state index >= 15 is 0 Å². The van der Waals surface area contributed by atoms with E-state index in [4.69, 9.17) is 4.74 Å². The predicted octanol–water partition coefficient (Wildman–Crippen LogP) is 3.28. The number of hydrogen-bond acceptors (Lipinski definition) is 6. The summed E-state index contributed by atoms with van der Waals surface area (Å²) in [5.74, 6) is 0.317. The van der Waals surface area contributed by atoms with Gasteiger partial charge in [-0.15, -0.1) is 5.10 Å². The zero-order valence-corrected chi connectivity index (χ0v) is 19.3. The summed E-state index contributed by atoms with van der Waals surface area (Å²) in [4.78, 5) is 26.6. The Bertz CT molecular complexity index is 1120. The first-order valence-corrected chi connectivity index (χ1v) is 11.5. The van der Waals surface area contributed by atoms with Crippen LogP contribution in [0.15, 0.2) is 36.4 Å². The molecule has 0 saturated carbocycles. The molecule has 3 aromatic rings. The standard InChI is InChI=1S/C24H30N6O3/c1-4-19(17-9-7-6-8-10-17)25-24(32)18-14-20(29-11-12-33-15-21(18)29)22(31)13-16(3)23-26-27-28-30(23)5-2/h6-10,14,16,19H,4-5,11-13,15H2,1-3H3,(H,25,32)/t16?,19-/m1/s1. The van der Waals surface area contributed by atoms with Crippen molar-refractivity contribution in [2.75, 3.05) is 6.61 Å². The number of nitrogens with zero attached hydrogens (tertiary/aromatic N) is 5. The Balaban J connectivity index is 1.57. The highest BCUT2D eigenvalue weighted by Crippen LogP contribution is 2.26. The molecule has 9 heteroatoms. The number of amides is 1. The number of carbonyl (C=O) groups excluding carboxylic acids is 2. The summed E-state index contributed by atoms with van der Waals surface area (Å²) in [7, 11) is 0. The van der Waals surface area contributed by atoms with Crippen molar-refractivity contribution in [3.63, 3.8) is 0 Å². The maximum absolute atomic E-state index is 13.3. The molecular weight excluding hydrogens is 420 g/mol. The van der Waals surface area contributed by atoms with Gasteiger partial charge >= 0.3 is 0 Å². The largest absolute Gasteiger partial charge is 0.373 e. The average Bonchev–Trinajstić information content (AvgIpc) is 3.48. The number of hydrogen-bond donors (Lipinski definition) is 1. The summed E-state index contributed by atoms with van der Waals surface area (Å²) in [6, 6.07) is 11.5. The lowest BCUT2D eigenvalue weighted by atomic mass is 10.0. The second-order valence-electron chi connectivity index (χ2n) is 8.32. The highest BCUT2D eigenvalue weighted by Gasteiger charge is 2.28. The molecule has 0 spiro atoms. The van der Waals surface area contributed by atoms with Crippen molar-refractivity contribution in [1.82, 2.24) is 30.1 Å². The van der Waals surface area contributed by atoms with Gasteiger partial charge in [0.15, 0.2) is 11.6 Å². The summed E-state index contributed by atoms with van der Waals surface area (Å²) in [6.07, 6.45) is 1.02. The van der Waals surface area contributed by atoms with Crippen LogP contribution in [0.2, 0.25) is 0 Å². The van der Waals surface area contributed by atoms with Gasteiger partial charge in [0.1, 0.15) is 0 Å². The third kappa shape index (κ3) is 4.73. The first-order valence-electron chi connectivity index (χ1n) is 11.5. The summed E-state index contributed by atoms with van der Waals surface area (Å²) >= 11 is 0. The number of tetrazole rings is 1. The molecule has 1 amide bonds. The van der Waals surface area contributed by atoms with Crippen LogP contribution in [0.1, 0.15) is 83.5 Å². The Labute approximate surface area is 193 Å². The lowest BCUT2D eigenvalue weighted by Crippen LogP contribution is -2.29. The van der Waals surface area contributed by atoms with E-state index in [1.807, 2.05) is 55.7 Å². The molecular formula is C24H30N6O3. The quantitative estimate of drug-likeness (QED) is 0.502. The highest BCUT2D eigenvalue weighted by molar-refractivity contribution is 6.01. The molecule has 1 unspecified atom stereocenters. The van der Waals surface area contributed by atoms with Gasteiger partial charge in [-0.3, -0.25) is 9.59 Å². The van der Waals surface area contributed by atoms with Crippen LogP contribution >= 0.6 is 0 Å². The van der Waals surface area contributed by atoms with Gasteiger partial charge in [-0.05, 0) is 35.4 Å². The molecule has 4 rings (SSSR count). The number of ketones is 1. The number of nitrogens with one attached hydrogen (secondary N) is 1. The van der Waals surface area contributed by atoms with Crippen LogP contribution < -0.4 is 5.32 Å². The van der Waals surface area contributed by atoms with Crippen molar-refractivity contribution in [3.05, 3.63) is 64.7 Å². The number of fused-ring (bicyclic) bond motifs is 1. The Kier molecular flexibility index (Phi) is 6.98. The third-order valence-electron chi connectivity index (χ3n) is 6.14. The molecule has 0 radical (unpaired) electrons. The zero-order chi connectivity index (χ0) is 23.4. The lowest BCUT2D eigenvalue weighted by molar-refractivity contribution is 0.0780. The van der Waals surface area contributed by atoms with Gasteiger partial charge in [0, 0.05) is 25.4 Å². The third-order valence-corrected chi connectivity index (χ3v) is 6.14. The van der Waals surface area contributed by atoms with Gasteiger partial charge in [0.05, 0.1) is 36.2 Å². The second-order valence-corrected chi connectivity index (χ2v) is 8.32. The second kappa shape index (κ2) is 10.1. The van der Waals surface area contributed by atoms with E-state index < -0.39 is 0 Å². The zero-order valence-electron chi connectivity index (χ0n) is 19.3. The number of ether oxygens (including phenoxy) is 1. The van der Waals surface area contributed by atoms with E-state index in [1.54, 1.807) is 10.7 Å². The van der Waals surface area contributed by atoms with Crippen LogP contribution in [-0.4, -0.2) is 43.1 Å². The Morgan fingerprint density at radius 1 is 1.21 bits per heavy atom. The van der Waals surface area contributed by atoms with E-state index in [2.05, 4.69) is 20.8 Å². The maximum atomic E-state index is 13.3. The fourth-order valence-corrected chi connectivity index (χ4v) is 4.36. The minimum Gasteiger partial charge on any atom is -0.373 e. The maximum Gasteiger partial charge on any atom is 0.253 e. The van der Waals surface area contributed by atoms with Gasteiger partial charge in [-0.1, -0.05) is 44.2 Å². The SMILES string of the molecule is CC[C@@H](NC(=O)c1cc(C(=O)CC(C)c2nnnn2CC)n2c1COCC2)c1ccccc1. The minimum atomic E-state index is -0.193. The van der Waals surface area contributed by atoms with Crippen molar-refractivity contribution in [3.8, 4) is 0 Å². The number of aryl methyl sites for hydroxylation is 1. The van der Waals surface area contributed by atoms with Gasteiger partial charge < -0.3 is 14.6 Å². The molecule has 0 saturated heterocycles. The van der Waals surface area contributed by atoms with Gasteiger partial charge in [0.25, 0.3) is 5.91 Å². The fourth-order valence-electron chi connectivity index (χ4n) is 4.36. The Morgan fingerprint density at radius 2 is 2.00 bits per heavy atom. The van der Waals surface area contributed by atoms with E-state index in [1.165, 1.54) is 0 Å². The van der Waals surface area contributed by atoms with Crippen molar-refractivity contribution in [2.45, 2.75) is 65.3 Å². The monoisotopic (exact) mass is 450 g/mol. The molecule has 174 valence electrons. The topological polar surface area (TPSA) is 104 Å². The summed E-state index contributed by atoms with van der Waals surface area (Å²) in [5.41, 5.74) is 2.83. The number of benzene rings is 1. The average molecular weight is 451 g/mol. The van der Waals surface area contributed by atoms with Crippen LogP contribution in [0.3, 0.4) is 0 Å². The fraction of sp³-hybridized carbons (Fsp3) is 0.458. The minimum absolute atomic E-state index is 0.0366. The number of carbonyl (C=O) groups is 2. The van der Waals surface area contributed by atoms with Crippen LogP contribution in [0.25, 0.3) is 0 Å². The molecule has 0 fully saturated rings. The molecule has 1 N–H and O–H groups in total. The molecule has 2 atom stereocenters. The molecule has 1 aliphatic heterocycles. The van der Waals surface area contributed by atoms with Crippen molar-refractivity contribution in [2.24, 2.45) is 0 Å². The smallest absolute Gasteiger partial charge is 0.253 e. The molecule has 1 aliphatic rings. The van der Waals surface area contributed by atoms with Crippen molar-refractivity contribution < 1.29 is 14.3 Å². The molecule has 0 aliphatic carbocycles.